The molecular weight excluding hydrogens is 250 g/mol. The third-order valence-electron chi connectivity index (χ3n) is 2.93. The minimum atomic E-state index is 0.158. The number of ether oxygens (including phenoxy) is 1. The normalized spacial score (nSPS) is 12.9. The summed E-state index contributed by atoms with van der Waals surface area (Å²) in [5, 5.41) is 13.6. The van der Waals surface area contributed by atoms with Crippen molar-refractivity contribution in [1.29, 1.82) is 0 Å². The van der Waals surface area contributed by atoms with Gasteiger partial charge in [-0.2, -0.15) is 0 Å². The third kappa shape index (κ3) is 4.48. The van der Waals surface area contributed by atoms with Crippen LogP contribution in [0.2, 0.25) is 5.02 Å². The van der Waals surface area contributed by atoms with Crippen molar-refractivity contribution in [3.8, 4) is 5.75 Å². The predicted molar refractivity (Wildman–Crippen MR) is 75.1 cm³/mol. The molecule has 1 aromatic rings. The Morgan fingerprint density at radius 2 is 2.11 bits per heavy atom. The number of phenolic OH excluding ortho intramolecular Hbond substituents is 1. The summed E-state index contributed by atoms with van der Waals surface area (Å²) in [5.74, 6) is 0.628. The summed E-state index contributed by atoms with van der Waals surface area (Å²) in [6.45, 7) is 8.26. The fourth-order valence-corrected chi connectivity index (χ4v) is 1.87. The first-order valence-electron chi connectivity index (χ1n) is 6.33. The molecule has 102 valence electrons. The number of hydrogen-bond donors (Lipinski definition) is 2. The summed E-state index contributed by atoms with van der Waals surface area (Å²) in [7, 11) is 0. The second-order valence-corrected chi connectivity index (χ2v) is 5.05. The van der Waals surface area contributed by atoms with Crippen LogP contribution in [0, 0.1) is 5.92 Å². The fourth-order valence-electron chi connectivity index (χ4n) is 1.68. The van der Waals surface area contributed by atoms with Crippen molar-refractivity contribution in [1.82, 2.24) is 5.32 Å². The van der Waals surface area contributed by atoms with E-state index in [4.69, 9.17) is 16.3 Å². The van der Waals surface area contributed by atoms with Crippen LogP contribution in [-0.4, -0.2) is 24.4 Å². The Kier molecular flexibility index (Phi) is 6.47. The molecule has 0 fully saturated rings. The monoisotopic (exact) mass is 271 g/mol. The topological polar surface area (TPSA) is 41.5 Å². The number of aromatic hydroxyl groups is 1. The Bertz CT molecular complexity index is 369. The highest BCUT2D eigenvalue weighted by Gasteiger charge is 2.14. The maximum absolute atomic E-state index is 9.82. The molecule has 0 heterocycles. The minimum Gasteiger partial charge on any atom is -0.506 e. The van der Waals surface area contributed by atoms with E-state index in [1.54, 1.807) is 6.07 Å². The summed E-state index contributed by atoms with van der Waals surface area (Å²) in [4.78, 5) is 0. The minimum absolute atomic E-state index is 0.158. The van der Waals surface area contributed by atoms with Crippen molar-refractivity contribution in [2.75, 3.05) is 13.2 Å². The van der Waals surface area contributed by atoms with Crippen molar-refractivity contribution in [2.24, 2.45) is 5.92 Å². The molecule has 0 aliphatic rings. The molecule has 2 N–H and O–H groups in total. The first-order valence-corrected chi connectivity index (χ1v) is 6.71. The quantitative estimate of drug-likeness (QED) is 0.800. The molecule has 0 saturated carbocycles. The van der Waals surface area contributed by atoms with Crippen molar-refractivity contribution in [3.05, 3.63) is 28.8 Å². The molecule has 1 atom stereocenters. The largest absolute Gasteiger partial charge is 0.506 e. The van der Waals surface area contributed by atoms with E-state index in [1.807, 2.05) is 19.1 Å². The van der Waals surface area contributed by atoms with Crippen LogP contribution in [0.4, 0.5) is 0 Å². The Labute approximate surface area is 114 Å². The molecule has 0 aromatic heterocycles. The van der Waals surface area contributed by atoms with Gasteiger partial charge in [0, 0.05) is 24.8 Å². The molecule has 1 rings (SSSR count). The van der Waals surface area contributed by atoms with Gasteiger partial charge in [-0.15, -0.1) is 0 Å². The molecule has 0 radical (unpaired) electrons. The molecule has 0 aliphatic carbocycles. The second kappa shape index (κ2) is 7.62. The second-order valence-electron chi connectivity index (χ2n) is 4.64. The predicted octanol–water partition coefficient (Wildman–Crippen LogP) is 3.20. The van der Waals surface area contributed by atoms with Crippen LogP contribution in [0.1, 0.15) is 26.3 Å². The summed E-state index contributed by atoms with van der Waals surface area (Å²) in [6, 6.07) is 5.65. The van der Waals surface area contributed by atoms with Gasteiger partial charge in [-0.3, -0.25) is 0 Å². The number of hydrogen-bond acceptors (Lipinski definition) is 3. The zero-order valence-electron chi connectivity index (χ0n) is 11.2. The number of rotatable bonds is 7. The number of phenols is 1. The first kappa shape index (κ1) is 15.3. The molecule has 1 aromatic carbocycles. The molecule has 0 aliphatic heterocycles. The lowest BCUT2D eigenvalue weighted by Crippen LogP contribution is -2.37. The van der Waals surface area contributed by atoms with Crippen molar-refractivity contribution in [3.63, 3.8) is 0 Å². The lowest BCUT2D eigenvalue weighted by atomic mass is 10.0. The summed E-state index contributed by atoms with van der Waals surface area (Å²) >= 11 is 5.87. The van der Waals surface area contributed by atoms with Crippen LogP contribution in [0.3, 0.4) is 0 Å². The average molecular weight is 272 g/mol. The SMILES string of the molecule is CCOCC(NCc1cccc(Cl)c1O)C(C)C. The Morgan fingerprint density at radius 3 is 2.72 bits per heavy atom. The van der Waals surface area contributed by atoms with Crippen LogP contribution in [0.5, 0.6) is 5.75 Å². The van der Waals surface area contributed by atoms with Gasteiger partial charge in [-0.05, 0) is 18.9 Å². The highest BCUT2D eigenvalue weighted by Crippen LogP contribution is 2.26. The molecule has 4 heteroatoms. The maximum Gasteiger partial charge on any atom is 0.138 e. The lowest BCUT2D eigenvalue weighted by molar-refractivity contribution is 0.107. The highest BCUT2D eigenvalue weighted by atomic mass is 35.5. The number of halogens is 1. The summed E-state index contributed by atoms with van der Waals surface area (Å²) in [5.41, 5.74) is 0.810. The van der Waals surface area contributed by atoms with Gasteiger partial charge in [-0.25, -0.2) is 0 Å². The summed E-state index contributed by atoms with van der Waals surface area (Å²) < 4.78 is 5.45. The number of benzene rings is 1. The molecular formula is C14H22ClNO2. The smallest absolute Gasteiger partial charge is 0.138 e. The van der Waals surface area contributed by atoms with E-state index in [0.717, 1.165) is 5.56 Å². The van der Waals surface area contributed by atoms with E-state index in [1.165, 1.54) is 0 Å². The zero-order chi connectivity index (χ0) is 13.5. The molecule has 0 bridgehead atoms. The van der Waals surface area contributed by atoms with Crippen LogP contribution < -0.4 is 5.32 Å². The van der Waals surface area contributed by atoms with Gasteiger partial charge in [0.25, 0.3) is 0 Å². The van der Waals surface area contributed by atoms with E-state index in [0.29, 0.717) is 30.7 Å². The van der Waals surface area contributed by atoms with Crippen molar-refractivity contribution >= 4 is 11.6 Å². The fraction of sp³-hybridized carbons (Fsp3) is 0.571. The summed E-state index contributed by atoms with van der Waals surface area (Å²) in [6.07, 6.45) is 0. The molecule has 0 spiro atoms. The Balaban J connectivity index is 2.58. The van der Waals surface area contributed by atoms with Gasteiger partial charge in [0.2, 0.25) is 0 Å². The molecule has 3 nitrogen and oxygen atoms in total. The Morgan fingerprint density at radius 1 is 1.39 bits per heavy atom. The van der Waals surface area contributed by atoms with Crippen LogP contribution in [0.25, 0.3) is 0 Å². The molecule has 0 amide bonds. The average Bonchev–Trinajstić information content (AvgIpc) is 2.33. The van der Waals surface area contributed by atoms with E-state index in [-0.39, 0.29) is 11.8 Å². The molecule has 1 unspecified atom stereocenters. The van der Waals surface area contributed by atoms with Crippen LogP contribution >= 0.6 is 11.6 Å². The van der Waals surface area contributed by atoms with Gasteiger partial charge in [-0.1, -0.05) is 37.6 Å². The van der Waals surface area contributed by atoms with E-state index < -0.39 is 0 Å². The Hall–Kier alpha value is -0.770. The number of para-hydroxylation sites is 1. The van der Waals surface area contributed by atoms with Crippen molar-refractivity contribution < 1.29 is 9.84 Å². The third-order valence-corrected chi connectivity index (χ3v) is 3.24. The van der Waals surface area contributed by atoms with Gasteiger partial charge < -0.3 is 15.2 Å². The molecule has 0 saturated heterocycles. The van der Waals surface area contributed by atoms with Crippen LogP contribution in [0.15, 0.2) is 18.2 Å². The van der Waals surface area contributed by atoms with Crippen LogP contribution in [-0.2, 0) is 11.3 Å². The van der Waals surface area contributed by atoms with Gasteiger partial charge >= 0.3 is 0 Å². The van der Waals surface area contributed by atoms with E-state index in [9.17, 15) is 5.11 Å². The van der Waals surface area contributed by atoms with Gasteiger partial charge in [0.05, 0.1) is 11.6 Å². The standard InChI is InChI=1S/C14H22ClNO2/c1-4-18-9-13(10(2)3)16-8-11-6-5-7-12(15)14(11)17/h5-7,10,13,16-17H,4,8-9H2,1-3H3. The first-order chi connectivity index (χ1) is 8.56. The highest BCUT2D eigenvalue weighted by molar-refractivity contribution is 6.32. The van der Waals surface area contributed by atoms with Gasteiger partial charge in [0.15, 0.2) is 0 Å². The lowest BCUT2D eigenvalue weighted by Gasteiger charge is -2.22. The van der Waals surface area contributed by atoms with E-state index >= 15 is 0 Å². The van der Waals surface area contributed by atoms with Gasteiger partial charge in [0.1, 0.15) is 5.75 Å². The molecule has 18 heavy (non-hydrogen) atoms. The number of nitrogens with one attached hydrogen (secondary N) is 1. The maximum atomic E-state index is 9.82. The zero-order valence-corrected chi connectivity index (χ0v) is 12.0. The van der Waals surface area contributed by atoms with Crippen molar-refractivity contribution in [2.45, 2.75) is 33.4 Å². The van der Waals surface area contributed by atoms with E-state index in [2.05, 4.69) is 19.2 Å².